The molecule has 1 atom stereocenters. The first-order chi connectivity index (χ1) is 7.84. The molecular weight excluding hydrogens is 243 g/mol. The van der Waals surface area contributed by atoms with Gasteiger partial charge < -0.3 is 5.32 Å². The molecule has 92 valence electrons. The molecule has 17 heavy (non-hydrogen) atoms. The van der Waals surface area contributed by atoms with E-state index >= 15 is 0 Å². The molecule has 1 N–H and O–H groups in total. The Labute approximate surface area is 105 Å². The van der Waals surface area contributed by atoms with Crippen molar-refractivity contribution in [3.63, 3.8) is 0 Å². The fourth-order valence-electron chi connectivity index (χ4n) is 1.28. The average molecular weight is 257 g/mol. The van der Waals surface area contributed by atoms with Crippen LogP contribution in [-0.2, 0) is 0 Å². The first kappa shape index (κ1) is 13.7. The van der Waals surface area contributed by atoms with Crippen molar-refractivity contribution >= 4 is 17.4 Å². The topological polar surface area (TPSA) is 61.6 Å². The fraction of sp³-hybridized carbons (Fsp3) is 0.545. The maximum atomic E-state index is 13.4. The summed E-state index contributed by atoms with van der Waals surface area (Å²) >= 11 is 5.60. The molecule has 4 nitrogen and oxygen atoms in total. The molecule has 0 spiro atoms. The summed E-state index contributed by atoms with van der Waals surface area (Å²) in [6.45, 7) is 5.88. The number of hydrogen-bond acceptors (Lipinski definition) is 4. The van der Waals surface area contributed by atoms with Gasteiger partial charge in [-0.15, -0.1) is 0 Å². The number of nitrogens with one attached hydrogen (secondary N) is 1. The molecule has 0 aliphatic carbocycles. The molecule has 6 heteroatoms. The van der Waals surface area contributed by atoms with Crippen LogP contribution < -0.4 is 5.32 Å². The van der Waals surface area contributed by atoms with E-state index in [1.807, 2.05) is 20.8 Å². The van der Waals surface area contributed by atoms with Gasteiger partial charge in [0.2, 0.25) is 5.28 Å². The predicted molar refractivity (Wildman–Crippen MR) is 64.1 cm³/mol. The molecule has 0 amide bonds. The van der Waals surface area contributed by atoms with Gasteiger partial charge in [-0.25, -0.2) is 9.37 Å². The van der Waals surface area contributed by atoms with Gasteiger partial charge in [0.15, 0.2) is 11.6 Å². The molecule has 1 heterocycles. The van der Waals surface area contributed by atoms with Crippen molar-refractivity contribution in [2.75, 3.05) is 5.32 Å². The highest BCUT2D eigenvalue weighted by Gasteiger charge is 2.25. The van der Waals surface area contributed by atoms with E-state index in [1.165, 1.54) is 0 Å². The third-order valence-electron chi connectivity index (χ3n) is 2.37. The number of rotatable bonds is 3. The third kappa shape index (κ3) is 3.82. The molecule has 1 rings (SSSR count). The molecule has 0 radical (unpaired) electrons. The van der Waals surface area contributed by atoms with E-state index in [9.17, 15) is 4.39 Å². The molecule has 0 aliphatic heterocycles. The minimum absolute atomic E-state index is 0.0279. The van der Waals surface area contributed by atoms with Crippen LogP contribution in [0.4, 0.5) is 10.2 Å². The predicted octanol–water partition coefficient (Wildman–Crippen LogP) is 3.01. The largest absolute Gasteiger partial charge is 0.363 e. The first-order valence-corrected chi connectivity index (χ1v) is 5.54. The van der Waals surface area contributed by atoms with Crippen LogP contribution in [0.3, 0.4) is 0 Å². The van der Waals surface area contributed by atoms with Crippen molar-refractivity contribution < 1.29 is 4.39 Å². The molecule has 0 saturated carbocycles. The number of halogens is 2. The van der Waals surface area contributed by atoms with Gasteiger partial charge >= 0.3 is 0 Å². The normalized spacial score (nSPS) is 12.9. The van der Waals surface area contributed by atoms with E-state index in [4.69, 9.17) is 16.9 Å². The summed E-state index contributed by atoms with van der Waals surface area (Å²) in [6, 6.07) is 1.85. The molecular formula is C11H14ClFN4. The minimum Gasteiger partial charge on any atom is -0.363 e. The van der Waals surface area contributed by atoms with Crippen LogP contribution in [0.2, 0.25) is 5.28 Å². The highest BCUT2D eigenvalue weighted by molar-refractivity contribution is 6.28. The minimum atomic E-state index is -0.582. The van der Waals surface area contributed by atoms with Crippen molar-refractivity contribution in [3.8, 4) is 6.07 Å². The zero-order chi connectivity index (χ0) is 13.1. The molecule has 0 fully saturated rings. The number of anilines is 1. The lowest BCUT2D eigenvalue weighted by Crippen LogP contribution is -2.34. The lowest BCUT2D eigenvalue weighted by atomic mass is 9.85. The number of hydrogen-bond donors (Lipinski definition) is 1. The van der Waals surface area contributed by atoms with Crippen LogP contribution in [0.15, 0.2) is 6.20 Å². The SMILES string of the molecule is CC(C)(C)C(CC#N)Nc1nc(Cl)ncc1F. The van der Waals surface area contributed by atoms with Crippen LogP contribution in [0.5, 0.6) is 0 Å². The summed E-state index contributed by atoms with van der Waals surface area (Å²) in [5.74, 6) is -0.554. The second-order valence-electron chi connectivity index (χ2n) is 4.76. The summed E-state index contributed by atoms with van der Waals surface area (Å²) in [5, 5.41) is 11.6. The zero-order valence-corrected chi connectivity index (χ0v) is 10.7. The molecule has 1 aromatic heterocycles. The average Bonchev–Trinajstić information content (AvgIpc) is 2.21. The van der Waals surface area contributed by atoms with E-state index < -0.39 is 5.82 Å². The fourth-order valence-corrected chi connectivity index (χ4v) is 1.41. The zero-order valence-electron chi connectivity index (χ0n) is 9.96. The molecule has 0 aromatic carbocycles. The highest BCUT2D eigenvalue weighted by atomic mass is 35.5. The van der Waals surface area contributed by atoms with Gasteiger partial charge in [0, 0.05) is 6.04 Å². The second-order valence-corrected chi connectivity index (χ2v) is 5.10. The van der Waals surface area contributed by atoms with Gasteiger partial charge in [0.25, 0.3) is 0 Å². The summed E-state index contributed by atoms with van der Waals surface area (Å²) in [6.07, 6.45) is 1.26. The lowest BCUT2D eigenvalue weighted by molar-refractivity contribution is 0.342. The molecule has 0 saturated heterocycles. The van der Waals surface area contributed by atoms with Gasteiger partial charge in [-0.05, 0) is 17.0 Å². The third-order valence-corrected chi connectivity index (χ3v) is 2.55. The van der Waals surface area contributed by atoms with Gasteiger partial charge in [0.05, 0.1) is 18.7 Å². The van der Waals surface area contributed by atoms with Crippen molar-refractivity contribution in [1.82, 2.24) is 9.97 Å². The van der Waals surface area contributed by atoms with E-state index in [2.05, 4.69) is 21.4 Å². The molecule has 1 aromatic rings. The van der Waals surface area contributed by atoms with Crippen LogP contribution >= 0.6 is 11.6 Å². The van der Waals surface area contributed by atoms with Gasteiger partial charge in [-0.3, -0.25) is 0 Å². The quantitative estimate of drug-likeness (QED) is 0.845. The Bertz CT molecular complexity index is 436. The Hall–Kier alpha value is -1.41. The Morgan fingerprint density at radius 1 is 1.59 bits per heavy atom. The Morgan fingerprint density at radius 3 is 2.76 bits per heavy atom. The Morgan fingerprint density at radius 2 is 2.24 bits per heavy atom. The maximum absolute atomic E-state index is 13.4. The van der Waals surface area contributed by atoms with Crippen LogP contribution in [0.1, 0.15) is 27.2 Å². The second kappa shape index (κ2) is 5.28. The molecule has 0 bridgehead atoms. The maximum Gasteiger partial charge on any atom is 0.224 e. The Balaban J connectivity index is 2.94. The van der Waals surface area contributed by atoms with Gasteiger partial charge in [-0.2, -0.15) is 10.2 Å². The molecule has 0 aliphatic rings. The molecule has 1 unspecified atom stereocenters. The van der Waals surface area contributed by atoms with Gasteiger partial charge in [-0.1, -0.05) is 20.8 Å². The van der Waals surface area contributed by atoms with Crippen LogP contribution in [-0.4, -0.2) is 16.0 Å². The van der Waals surface area contributed by atoms with Crippen LogP contribution in [0, 0.1) is 22.6 Å². The van der Waals surface area contributed by atoms with E-state index in [1.54, 1.807) is 0 Å². The van der Waals surface area contributed by atoms with Crippen molar-refractivity contribution in [3.05, 3.63) is 17.3 Å². The first-order valence-electron chi connectivity index (χ1n) is 5.16. The van der Waals surface area contributed by atoms with Crippen molar-refractivity contribution in [1.29, 1.82) is 5.26 Å². The van der Waals surface area contributed by atoms with Crippen molar-refractivity contribution in [2.45, 2.75) is 33.2 Å². The number of nitriles is 1. The summed E-state index contributed by atoms with van der Waals surface area (Å²) in [5.41, 5.74) is -0.195. The summed E-state index contributed by atoms with van der Waals surface area (Å²) < 4.78 is 13.4. The van der Waals surface area contributed by atoms with E-state index in [-0.39, 0.29) is 29.0 Å². The van der Waals surface area contributed by atoms with E-state index in [0.29, 0.717) is 0 Å². The lowest BCUT2D eigenvalue weighted by Gasteiger charge is -2.30. The van der Waals surface area contributed by atoms with Crippen LogP contribution in [0.25, 0.3) is 0 Å². The Kier molecular flexibility index (Phi) is 4.24. The summed E-state index contributed by atoms with van der Waals surface area (Å²) in [4.78, 5) is 7.30. The standard InChI is InChI=1S/C11H14ClFN4/c1-11(2,3)8(4-5-14)16-9-7(13)6-15-10(12)17-9/h6,8H,4H2,1-3H3,(H,15,16,17). The van der Waals surface area contributed by atoms with Crippen molar-refractivity contribution in [2.24, 2.45) is 5.41 Å². The smallest absolute Gasteiger partial charge is 0.224 e. The monoisotopic (exact) mass is 256 g/mol. The highest BCUT2D eigenvalue weighted by Crippen LogP contribution is 2.25. The number of aromatic nitrogens is 2. The van der Waals surface area contributed by atoms with Gasteiger partial charge in [0.1, 0.15) is 0 Å². The van der Waals surface area contributed by atoms with E-state index in [0.717, 1.165) is 6.20 Å². The number of nitrogens with zero attached hydrogens (tertiary/aromatic N) is 3. The summed E-state index contributed by atoms with van der Waals surface area (Å²) in [7, 11) is 0.